The van der Waals surface area contributed by atoms with Gasteiger partial charge >= 0.3 is 0 Å². The average Bonchev–Trinajstić information content (AvgIpc) is 3.00. The van der Waals surface area contributed by atoms with Crippen LogP contribution in [0.1, 0.15) is 42.9 Å². The van der Waals surface area contributed by atoms with Crippen molar-refractivity contribution in [2.75, 3.05) is 0 Å². The highest BCUT2D eigenvalue weighted by Gasteiger charge is 2.24. The van der Waals surface area contributed by atoms with E-state index < -0.39 is 6.10 Å². The quantitative estimate of drug-likeness (QED) is 0.767. The molecule has 0 aromatic heterocycles. The molecule has 1 aromatic carbocycles. The predicted octanol–water partition coefficient (Wildman–Crippen LogP) is 1.94. The van der Waals surface area contributed by atoms with Crippen LogP contribution < -0.4 is 5.73 Å². The Morgan fingerprint density at radius 2 is 2.14 bits per heavy atom. The topological polar surface area (TPSA) is 46.2 Å². The summed E-state index contributed by atoms with van der Waals surface area (Å²) in [5.41, 5.74) is 7.96. The maximum absolute atomic E-state index is 9.80. The van der Waals surface area contributed by atoms with Crippen LogP contribution >= 0.6 is 0 Å². The molecule has 0 saturated heterocycles. The molecule has 1 saturated carbocycles. The van der Waals surface area contributed by atoms with E-state index in [4.69, 9.17) is 5.73 Å². The first-order valence-electron chi connectivity index (χ1n) is 5.22. The minimum Gasteiger partial charge on any atom is -0.387 e. The standard InChI is InChI=1S/C12H17NO/c1-8(13)12(14)11-4-2-3-10(7-11)9-5-6-9/h2-4,7-9,12,14H,5-6,13H2,1H3. The van der Waals surface area contributed by atoms with Crippen LogP contribution in [-0.4, -0.2) is 11.1 Å². The van der Waals surface area contributed by atoms with Crippen molar-refractivity contribution in [2.45, 2.75) is 37.8 Å². The molecular weight excluding hydrogens is 174 g/mol. The van der Waals surface area contributed by atoms with Crippen molar-refractivity contribution in [1.29, 1.82) is 0 Å². The molecule has 14 heavy (non-hydrogen) atoms. The van der Waals surface area contributed by atoms with Gasteiger partial charge in [0.15, 0.2) is 0 Å². The van der Waals surface area contributed by atoms with Crippen molar-refractivity contribution >= 4 is 0 Å². The van der Waals surface area contributed by atoms with E-state index in [9.17, 15) is 5.11 Å². The molecule has 2 atom stereocenters. The summed E-state index contributed by atoms with van der Waals surface area (Å²) in [6.07, 6.45) is 2.05. The van der Waals surface area contributed by atoms with E-state index in [-0.39, 0.29) is 6.04 Å². The van der Waals surface area contributed by atoms with Crippen molar-refractivity contribution in [3.8, 4) is 0 Å². The summed E-state index contributed by atoms with van der Waals surface area (Å²) in [5, 5.41) is 9.80. The summed E-state index contributed by atoms with van der Waals surface area (Å²) in [4.78, 5) is 0. The molecule has 0 radical (unpaired) electrons. The second kappa shape index (κ2) is 3.71. The van der Waals surface area contributed by atoms with Crippen LogP contribution in [0.15, 0.2) is 24.3 Å². The number of hydrogen-bond donors (Lipinski definition) is 2. The summed E-state index contributed by atoms with van der Waals surface area (Å²) >= 11 is 0. The van der Waals surface area contributed by atoms with Crippen molar-refractivity contribution < 1.29 is 5.11 Å². The molecule has 0 aliphatic heterocycles. The van der Waals surface area contributed by atoms with E-state index >= 15 is 0 Å². The molecule has 2 rings (SSSR count). The van der Waals surface area contributed by atoms with Gasteiger partial charge in [0, 0.05) is 6.04 Å². The van der Waals surface area contributed by atoms with Crippen molar-refractivity contribution in [1.82, 2.24) is 0 Å². The molecule has 3 N–H and O–H groups in total. The Morgan fingerprint density at radius 3 is 2.71 bits per heavy atom. The summed E-state index contributed by atoms with van der Waals surface area (Å²) < 4.78 is 0. The number of aliphatic hydroxyl groups excluding tert-OH is 1. The number of benzene rings is 1. The number of hydrogen-bond acceptors (Lipinski definition) is 2. The third kappa shape index (κ3) is 1.97. The van der Waals surface area contributed by atoms with Crippen molar-refractivity contribution in [3.63, 3.8) is 0 Å². The highest BCUT2D eigenvalue weighted by Crippen LogP contribution is 2.40. The van der Waals surface area contributed by atoms with E-state index in [2.05, 4.69) is 12.1 Å². The Kier molecular flexibility index (Phi) is 2.57. The number of rotatable bonds is 3. The van der Waals surface area contributed by atoms with E-state index in [1.165, 1.54) is 18.4 Å². The molecule has 1 aromatic rings. The highest BCUT2D eigenvalue weighted by atomic mass is 16.3. The zero-order valence-corrected chi connectivity index (χ0v) is 8.48. The Balaban J connectivity index is 2.20. The van der Waals surface area contributed by atoms with Gasteiger partial charge in [-0.1, -0.05) is 24.3 Å². The smallest absolute Gasteiger partial charge is 0.0938 e. The average molecular weight is 191 g/mol. The van der Waals surface area contributed by atoms with Gasteiger partial charge in [0.1, 0.15) is 0 Å². The van der Waals surface area contributed by atoms with Gasteiger partial charge in [-0.2, -0.15) is 0 Å². The lowest BCUT2D eigenvalue weighted by molar-refractivity contribution is 0.153. The van der Waals surface area contributed by atoms with Gasteiger partial charge < -0.3 is 10.8 Å². The first-order chi connectivity index (χ1) is 6.68. The molecule has 0 bridgehead atoms. The van der Waals surface area contributed by atoms with Crippen LogP contribution in [0.25, 0.3) is 0 Å². The van der Waals surface area contributed by atoms with Crippen molar-refractivity contribution in [3.05, 3.63) is 35.4 Å². The molecule has 2 heteroatoms. The molecule has 76 valence electrons. The van der Waals surface area contributed by atoms with E-state index in [0.717, 1.165) is 11.5 Å². The number of nitrogens with two attached hydrogens (primary N) is 1. The normalized spacial score (nSPS) is 20.5. The summed E-state index contributed by atoms with van der Waals surface area (Å²) in [6.45, 7) is 1.83. The lowest BCUT2D eigenvalue weighted by Gasteiger charge is -2.15. The maximum Gasteiger partial charge on any atom is 0.0938 e. The molecular formula is C12H17NO. The molecule has 2 nitrogen and oxygen atoms in total. The van der Waals surface area contributed by atoms with Gasteiger partial charge in [-0.25, -0.2) is 0 Å². The van der Waals surface area contributed by atoms with Gasteiger partial charge in [0.2, 0.25) is 0 Å². The van der Waals surface area contributed by atoms with Crippen LogP contribution in [0.4, 0.5) is 0 Å². The molecule has 0 heterocycles. The highest BCUT2D eigenvalue weighted by molar-refractivity contribution is 5.30. The summed E-state index contributed by atoms with van der Waals surface area (Å²) in [6, 6.07) is 7.97. The molecule has 1 aliphatic carbocycles. The van der Waals surface area contributed by atoms with Gasteiger partial charge in [-0.05, 0) is 36.8 Å². The van der Waals surface area contributed by atoms with E-state index in [1.807, 2.05) is 19.1 Å². The minimum absolute atomic E-state index is 0.204. The SMILES string of the molecule is CC(N)C(O)c1cccc(C2CC2)c1. The first-order valence-corrected chi connectivity index (χ1v) is 5.22. The first kappa shape index (κ1) is 9.69. The Bertz CT molecular complexity index is 318. The molecule has 1 aliphatic rings. The number of aliphatic hydroxyl groups is 1. The van der Waals surface area contributed by atoms with E-state index in [1.54, 1.807) is 0 Å². The fourth-order valence-corrected chi connectivity index (χ4v) is 1.72. The summed E-state index contributed by atoms with van der Waals surface area (Å²) in [5.74, 6) is 0.732. The zero-order chi connectivity index (χ0) is 10.1. The molecule has 1 fully saturated rings. The lowest BCUT2D eigenvalue weighted by Crippen LogP contribution is -2.24. The molecule has 0 spiro atoms. The van der Waals surface area contributed by atoms with E-state index in [0.29, 0.717) is 0 Å². The molecule has 2 unspecified atom stereocenters. The third-order valence-electron chi connectivity index (χ3n) is 2.80. The second-order valence-electron chi connectivity index (χ2n) is 4.25. The van der Waals surface area contributed by atoms with Crippen LogP contribution in [-0.2, 0) is 0 Å². The fourth-order valence-electron chi connectivity index (χ4n) is 1.72. The van der Waals surface area contributed by atoms with Crippen LogP contribution in [0.5, 0.6) is 0 Å². The predicted molar refractivity (Wildman–Crippen MR) is 57.0 cm³/mol. The lowest BCUT2D eigenvalue weighted by atomic mass is 10.00. The molecule has 0 amide bonds. The van der Waals surface area contributed by atoms with Gasteiger partial charge in [-0.3, -0.25) is 0 Å². The maximum atomic E-state index is 9.80. The van der Waals surface area contributed by atoms with Crippen molar-refractivity contribution in [2.24, 2.45) is 5.73 Å². The Labute approximate surface area is 84.7 Å². The largest absolute Gasteiger partial charge is 0.387 e. The van der Waals surface area contributed by atoms with Gasteiger partial charge in [0.05, 0.1) is 6.10 Å². The Morgan fingerprint density at radius 1 is 1.43 bits per heavy atom. The van der Waals surface area contributed by atoms with Crippen LogP contribution in [0.3, 0.4) is 0 Å². The summed E-state index contributed by atoms with van der Waals surface area (Å²) in [7, 11) is 0. The third-order valence-corrected chi connectivity index (χ3v) is 2.80. The zero-order valence-electron chi connectivity index (χ0n) is 8.48. The Hall–Kier alpha value is -0.860. The second-order valence-corrected chi connectivity index (χ2v) is 4.25. The van der Waals surface area contributed by atoms with Crippen LogP contribution in [0.2, 0.25) is 0 Å². The minimum atomic E-state index is -0.534. The monoisotopic (exact) mass is 191 g/mol. The van der Waals surface area contributed by atoms with Crippen LogP contribution in [0, 0.1) is 0 Å². The van der Waals surface area contributed by atoms with Gasteiger partial charge in [0.25, 0.3) is 0 Å². The van der Waals surface area contributed by atoms with Gasteiger partial charge in [-0.15, -0.1) is 0 Å². The fraction of sp³-hybridized carbons (Fsp3) is 0.500.